The molecule has 1 aromatic rings. The first-order valence-electron chi connectivity index (χ1n) is 8.02. The molecule has 2 rings (SSSR count). The van der Waals surface area contributed by atoms with Gasteiger partial charge in [0, 0.05) is 30.3 Å². The van der Waals surface area contributed by atoms with Crippen molar-refractivity contribution in [3.8, 4) is 0 Å². The maximum atomic E-state index is 12.1. The van der Waals surface area contributed by atoms with Gasteiger partial charge in [0.15, 0.2) is 0 Å². The molecule has 22 heavy (non-hydrogen) atoms. The molecule has 1 heterocycles. The molecule has 0 aromatic heterocycles. The first-order valence-corrected chi connectivity index (χ1v) is 8.02. The molecule has 1 aromatic carbocycles. The first-order chi connectivity index (χ1) is 10.6. The van der Waals surface area contributed by atoms with Crippen LogP contribution in [0.3, 0.4) is 0 Å². The third-order valence-corrected chi connectivity index (χ3v) is 4.00. The zero-order chi connectivity index (χ0) is 15.9. The van der Waals surface area contributed by atoms with Gasteiger partial charge in [0.1, 0.15) is 0 Å². The smallest absolute Gasteiger partial charge is 0.224 e. The van der Waals surface area contributed by atoms with Crippen LogP contribution in [0.1, 0.15) is 44.6 Å². The molecular formula is C17H25N3O2. The minimum Gasteiger partial charge on any atom is -0.326 e. The van der Waals surface area contributed by atoms with E-state index in [1.165, 1.54) is 6.42 Å². The van der Waals surface area contributed by atoms with E-state index in [0.717, 1.165) is 30.6 Å². The van der Waals surface area contributed by atoms with Crippen molar-refractivity contribution >= 4 is 23.2 Å². The van der Waals surface area contributed by atoms with Gasteiger partial charge in [0.05, 0.1) is 0 Å². The summed E-state index contributed by atoms with van der Waals surface area (Å²) in [7, 11) is 0. The van der Waals surface area contributed by atoms with Crippen molar-refractivity contribution in [2.45, 2.75) is 52.0 Å². The van der Waals surface area contributed by atoms with Gasteiger partial charge in [-0.1, -0.05) is 13.0 Å². The summed E-state index contributed by atoms with van der Waals surface area (Å²) in [6.45, 7) is 4.81. The Morgan fingerprint density at radius 3 is 2.77 bits per heavy atom. The largest absolute Gasteiger partial charge is 0.326 e. The summed E-state index contributed by atoms with van der Waals surface area (Å²) in [6.07, 6.45) is 4.18. The number of carbonyl (C=O) groups excluding carboxylic acids is 2. The third-order valence-electron chi connectivity index (χ3n) is 4.00. The molecule has 0 radical (unpaired) electrons. The van der Waals surface area contributed by atoms with Gasteiger partial charge < -0.3 is 16.0 Å². The van der Waals surface area contributed by atoms with E-state index in [-0.39, 0.29) is 11.8 Å². The Morgan fingerprint density at radius 2 is 2.09 bits per heavy atom. The highest BCUT2D eigenvalue weighted by Gasteiger charge is 2.15. The zero-order valence-electron chi connectivity index (χ0n) is 13.4. The van der Waals surface area contributed by atoms with Gasteiger partial charge in [0.25, 0.3) is 0 Å². The van der Waals surface area contributed by atoms with Crippen LogP contribution in [0.5, 0.6) is 0 Å². The van der Waals surface area contributed by atoms with E-state index in [1.807, 2.05) is 32.0 Å². The van der Waals surface area contributed by atoms with Crippen molar-refractivity contribution in [3.63, 3.8) is 0 Å². The van der Waals surface area contributed by atoms with Crippen molar-refractivity contribution < 1.29 is 9.59 Å². The average Bonchev–Trinajstić information content (AvgIpc) is 3.02. The summed E-state index contributed by atoms with van der Waals surface area (Å²) in [5.74, 6) is -0.00999. The Labute approximate surface area is 131 Å². The molecule has 1 fully saturated rings. The Morgan fingerprint density at radius 1 is 1.27 bits per heavy atom. The summed E-state index contributed by atoms with van der Waals surface area (Å²) in [4.78, 5) is 23.5. The van der Waals surface area contributed by atoms with Gasteiger partial charge >= 0.3 is 0 Å². The highest BCUT2D eigenvalue weighted by atomic mass is 16.2. The van der Waals surface area contributed by atoms with Crippen LogP contribution in [-0.2, 0) is 9.59 Å². The quantitative estimate of drug-likeness (QED) is 0.757. The van der Waals surface area contributed by atoms with Crippen LogP contribution in [-0.4, -0.2) is 24.4 Å². The maximum absolute atomic E-state index is 12.1. The van der Waals surface area contributed by atoms with Crippen LogP contribution in [0.15, 0.2) is 18.2 Å². The van der Waals surface area contributed by atoms with Gasteiger partial charge in [-0.25, -0.2) is 0 Å². The first kappa shape index (κ1) is 16.5. The predicted octanol–water partition coefficient (Wildman–Crippen LogP) is 2.81. The highest BCUT2D eigenvalue weighted by molar-refractivity contribution is 5.94. The van der Waals surface area contributed by atoms with Crippen LogP contribution in [0.2, 0.25) is 0 Å². The molecule has 120 valence electrons. The molecule has 0 saturated carbocycles. The van der Waals surface area contributed by atoms with Crippen molar-refractivity contribution in [1.29, 1.82) is 0 Å². The average molecular weight is 303 g/mol. The van der Waals surface area contributed by atoms with Crippen molar-refractivity contribution in [1.82, 2.24) is 5.32 Å². The summed E-state index contributed by atoms with van der Waals surface area (Å²) in [5.41, 5.74) is 2.46. The molecule has 0 aliphatic carbocycles. The lowest BCUT2D eigenvalue weighted by Crippen LogP contribution is -2.23. The molecule has 5 nitrogen and oxygen atoms in total. The van der Waals surface area contributed by atoms with E-state index >= 15 is 0 Å². The molecule has 3 N–H and O–H groups in total. The van der Waals surface area contributed by atoms with E-state index < -0.39 is 0 Å². The van der Waals surface area contributed by atoms with Gasteiger partial charge in [-0.3, -0.25) is 9.59 Å². The van der Waals surface area contributed by atoms with Crippen molar-refractivity contribution in [2.24, 2.45) is 0 Å². The summed E-state index contributed by atoms with van der Waals surface area (Å²) >= 11 is 0. The number of rotatable bonds is 6. The van der Waals surface area contributed by atoms with E-state index in [1.54, 1.807) is 0 Å². The van der Waals surface area contributed by atoms with E-state index in [0.29, 0.717) is 24.6 Å². The Balaban J connectivity index is 1.91. The Bertz CT molecular complexity index is 537. The second-order valence-corrected chi connectivity index (χ2v) is 5.81. The van der Waals surface area contributed by atoms with Crippen LogP contribution in [0.4, 0.5) is 11.4 Å². The molecule has 0 bridgehead atoms. The molecule has 1 aliphatic heterocycles. The molecule has 1 atom stereocenters. The summed E-state index contributed by atoms with van der Waals surface area (Å²) < 4.78 is 0. The highest BCUT2D eigenvalue weighted by Crippen LogP contribution is 2.21. The molecule has 1 saturated heterocycles. The summed E-state index contributed by atoms with van der Waals surface area (Å²) in [6, 6.07) is 6.04. The Kier molecular flexibility index (Phi) is 5.95. The lowest BCUT2D eigenvalue weighted by molar-refractivity contribution is -0.117. The minimum absolute atomic E-state index is 0.0239. The topological polar surface area (TPSA) is 70.2 Å². The third kappa shape index (κ3) is 4.84. The van der Waals surface area contributed by atoms with Crippen LogP contribution in [0.25, 0.3) is 0 Å². The number of hydrogen-bond acceptors (Lipinski definition) is 3. The fraction of sp³-hybridized carbons (Fsp3) is 0.529. The predicted molar refractivity (Wildman–Crippen MR) is 89.0 cm³/mol. The van der Waals surface area contributed by atoms with Gasteiger partial charge in [-0.05, 0) is 50.4 Å². The van der Waals surface area contributed by atoms with E-state index in [4.69, 9.17) is 0 Å². The fourth-order valence-electron chi connectivity index (χ4n) is 2.60. The molecular weight excluding hydrogens is 278 g/mol. The molecule has 2 amide bonds. The molecule has 1 unspecified atom stereocenters. The number of anilines is 2. The summed E-state index contributed by atoms with van der Waals surface area (Å²) in [5, 5.41) is 9.15. The van der Waals surface area contributed by atoms with E-state index in [9.17, 15) is 9.59 Å². The second kappa shape index (κ2) is 7.94. The molecule has 1 aliphatic rings. The Hall–Kier alpha value is -1.88. The van der Waals surface area contributed by atoms with Gasteiger partial charge in [0.2, 0.25) is 11.8 Å². The molecule has 0 spiro atoms. The van der Waals surface area contributed by atoms with Crippen molar-refractivity contribution in [3.05, 3.63) is 23.8 Å². The number of benzene rings is 1. The number of aryl methyl sites for hydroxylation is 1. The van der Waals surface area contributed by atoms with Crippen LogP contribution >= 0.6 is 0 Å². The number of hydrogen-bond donors (Lipinski definition) is 3. The number of carbonyl (C=O) groups is 2. The van der Waals surface area contributed by atoms with Crippen LogP contribution < -0.4 is 16.0 Å². The molecule has 5 heteroatoms. The SMILES string of the molecule is CCC(=O)Nc1ccc(C)c(NC(=O)CCC2CCCN2)c1. The van der Waals surface area contributed by atoms with E-state index in [2.05, 4.69) is 16.0 Å². The zero-order valence-corrected chi connectivity index (χ0v) is 13.4. The fourth-order valence-corrected chi connectivity index (χ4v) is 2.60. The number of nitrogens with one attached hydrogen (secondary N) is 3. The second-order valence-electron chi connectivity index (χ2n) is 5.81. The lowest BCUT2D eigenvalue weighted by Gasteiger charge is -2.13. The van der Waals surface area contributed by atoms with Gasteiger partial charge in [-0.2, -0.15) is 0 Å². The minimum atomic E-state index is -0.0339. The lowest BCUT2D eigenvalue weighted by atomic mass is 10.1. The number of amides is 2. The monoisotopic (exact) mass is 303 g/mol. The van der Waals surface area contributed by atoms with Gasteiger partial charge in [-0.15, -0.1) is 0 Å². The van der Waals surface area contributed by atoms with Crippen LogP contribution in [0, 0.1) is 6.92 Å². The normalized spacial score (nSPS) is 17.3. The maximum Gasteiger partial charge on any atom is 0.224 e. The van der Waals surface area contributed by atoms with Crippen molar-refractivity contribution in [2.75, 3.05) is 17.2 Å². The standard InChI is InChI=1S/C17H25N3O2/c1-3-16(21)19-14-7-6-12(2)15(11-14)20-17(22)9-8-13-5-4-10-18-13/h6-7,11,13,18H,3-5,8-10H2,1-2H3,(H,19,21)(H,20,22).